The highest BCUT2D eigenvalue weighted by molar-refractivity contribution is 5.96. The molecule has 0 aliphatic rings. The zero-order valence-electron chi connectivity index (χ0n) is 6.92. The largest absolute Gasteiger partial charge is 0.366 e. The van der Waals surface area contributed by atoms with Crippen LogP contribution in [0.5, 0.6) is 0 Å². The van der Waals surface area contributed by atoms with E-state index in [0.29, 0.717) is 5.57 Å². The fourth-order valence-electron chi connectivity index (χ4n) is 0.681. The number of nitrogens with two attached hydrogens (primary N) is 1. The zero-order chi connectivity index (χ0) is 8.85. The van der Waals surface area contributed by atoms with Gasteiger partial charge < -0.3 is 5.73 Å². The summed E-state index contributed by atoms with van der Waals surface area (Å²) in [6.07, 6.45) is 4.99. The maximum Gasteiger partial charge on any atom is 0.248 e. The fraction of sp³-hybridized carbons (Fsp3) is 0.222. The number of amides is 1. The van der Waals surface area contributed by atoms with E-state index < -0.39 is 5.91 Å². The molecule has 0 saturated carbocycles. The van der Waals surface area contributed by atoms with Gasteiger partial charge >= 0.3 is 0 Å². The molecule has 0 aromatic rings. The Morgan fingerprint density at radius 3 is 2.36 bits per heavy atom. The van der Waals surface area contributed by atoms with E-state index in [1.165, 1.54) is 0 Å². The van der Waals surface area contributed by atoms with Crippen molar-refractivity contribution < 1.29 is 4.79 Å². The average molecular weight is 151 g/mol. The van der Waals surface area contributed by atoms with Gasteiger partial charge in [-0.05, 0) is 25.5 Å². The summed E-state index contributed by atoms with van der Waals surface area (Å²) < 4.78 is 0. The maximum atomic E-state index is 10.8. The molecule has 11 heavy (non-hydrogen) atoms. The molecule has 0 spiro atoms. The molecule has 0 bridgehead atoms. The minimum absolute atomic E-state index is 0.416. The van der Waals surface area contributed by atoms with Crippen molar-refractivity contribution in [2.75, 3.05) is 0 Å². The van der Waals surface area contributed by atoms with Crippen molar-refractivity contribution in [2.45, 2.75) is 13.8 Å². The van der Waals surface area contributed by atoms with Gasteiger partial charge in [-0.15, -0.1) is 0 Å². The summed E-state index contributed by atoms with van der Waals surface area (Å²) >= 11 is 0. The molecule has 1 amide bonds. The number of rotatable bonds is 3. The lowest BCUT2D eigenvalue weighted by molar-refractivity contribution is -0.114. The third-order valence-electron chi connectivity index (χ3n) is 1.41. The number of hydrogen-bond acceptors (Lipinski definition) is 1. The Morgan fingerprint density at radius 2 is 2.09 bits per heavy atom. The highest BCUT2D eigenvalue weighted by atomic mass is 16.1. The summed E-state index contributed by atoms with van der Waals surface area (Å²) in [7, 11) is 0. The molecule has 0 rings (SSSR count). The van der Waals surface area contributed by atoms with Crippen molar-refractivity contribution >= 4 is 5.91 Å². The van der Waals surface area contributed by atoms with Crippen molar-refractivity contribution in [3.05, 3.63) is 36.0 Å². The predicted molar refractivity (Wildman–Crippen MR) is 46.9 cm³/mol. The Hall–Kier alpha value is -1.31. The van der Waals surface area contributed by atoms with Gasteiger partial charge in [-0.2, -0.15) is 0 Å². The average Bonchev–Trinajstić information content (AvgIpc) is 1.98. The van der Waals surface area contributed by atoms with Gasteiger partial charge in [0.15, 0.2) is 0 Å². The van der Waals surface area contributed by atoms with Crippen LogP contribution in [0.4, 0.5) is 0 Å². The molecule has 0 saturated heterocycles. The second-order valence-electron chi connectivity index (χ2n) is 2.15. The van der Waals surface area contributed by atoms with E-state index in [2.05, 4.69) is 6.58 Å². The van der Waals surface area contributed by atoms with Crippen LogP contribution in [0.25, 0.3) is 0 Å². The van der Waals surface area contributed by atoms with Gasteiger partial charge in [0.05, 0.1) is 0 Å². The van der Waals surface area contributed by atoms with Gasteiger partial charge in [-0.25, -0.2) is 0 Å². The van der Waals surface area contributed by atoms with E-state index in [1.54, 1.807) is 12.2 Å². The van der Waals surface area contributed by atoms with Crippen molar-refractivity contribution in [2.24, 2.45) is 5.73 Å². The molecule has 0 aromatic heterocycles. The lowest BCUT2D eigenvalue weighted by Gasteiger charge is -2.00. The van der Waals surface area contributed by atoms with Crippen LogP contribution in [0.3, 0.4) is 0 Å². The first-order valence-electron chi connectivity index (χ1n) is 3.39. The number of allylic oxidation sites excluding steroid dienone is 3. The summed E-state index contributed by atoms with van der Waals surface area (Å²) in [6.45, 7) is 7.18. The summed E-state index contributed by atoms with van der Waals surface area (Å²) in [5.41, 5.74) is 6.49. The summed E-state index contributed by atoms with van der Waals surface area (Å²) in [5, 5.41) is 0. The smallest absolute Gasteiger partial charge is 0.248 e. The topological polar surface area (TPSA) is 43.1 Å². The van der Waals surface area contributed by atoms with E-state index >= 15 is 0 Å². The van der Waals surface area contributed by atoms with Crippen LogP contribution in [0.15, 0.2) is 36.0 Å². The number of carbonyl (C=O) groups is 1. The highest BCUT2D eigenvalue weighted by Crippen LogP contribution is 2.07. The van der Waals surface area contributed by atoms with Crippen LogP contribution in [0.1, 0.15) is 13.8 Å². The Balaban J connectivity index is 4.76. The van der Waals surface area contributed by atoms with Crippen molar-refractivity contribution in [1.29, 1.82) is 0 Å². The molecule has 2 nitrogen and oxygen atoms in total. The Labute approximate surface area is 67.1 Å². The van der Waals surface area contributed by atoms with Gasteiger partial charge in [0.2, 0.25) is 5.91 Å². The lowest BCUT2D eigenvalue weighted by Crippen LogP contribution is -2.14. The van der Waals surface area contributed by atoms with Crippen LogP contribution in [0, 0.1) is 0 Å². The first kappa shape index (κ1) is 9.69. The van der Waals surface area contributed by atoms with Gasteiger partial charge in [0.25, 0.3) is 0 Å². The Kier molecular flexibility index (Phi) is 3.96. The van der Waals surface area contributed by atoms with Crippen molar-refractivity contribution in [1.82, 2.24) is 0 Å². The van der Waals surface area contributed by atoms with Gasteiger partial charge in [0.1, 0.15) is 0 Å². The molecule has 0 heterocycles. The lowest BCUT2D eigenvalue weighted by atomic mass is 10.1. The van der Waals surface area contributed by atoms with Gasteiger partial charge in [-0.3, -0.25) is 4.79 Å². The molecule has 0 aliphatic carbocycles. The molecular weight excluding hydrogens is 138 g/mol. The van der Waals surface area contributed by atoms with E-state index in [0.717, 1.165) is 5.57 Å². The van der Waals surface area contributed by atoms with Crippen LogP contribution >= 0.6 is 0 Å². The third-order valence-corrected chi connectivity index (χ3v) is 1.41. The normalized spacial score (nSPS) is 12.9. The molecule has 2 heteroatoms. The minimum Gasteiger partial charge on any atom is -0.366 e. The second kappa shape index (κ2) is 4.50. The van der Waals surface area contributed by atoms with Crippen LogP contribution in [-0.4, -0.2) is 5.91 Å². The van der Waals surface area contributed by atoms with E-state index in [-0.39, 0.29) is 0 Å². The summed E-state index contributed by atoms with van der Waals surface area (Å²) in [6, 6.07) is 0. The molecule has 0 atom stereocenters. The summed E-state index contributed by atoms with van der Waals surface area (Å²) in [5.74, 6) is -0.416. The van der Waals surface area contributed by atoms with E-state index in [1.807, 2.05) is 19.9 Å². The molecule has 60 valence electrons. The molecule has 0 radical (unpaired) electrons. The highest BCUT2D eigenvalue weighted by Gasteiger charge is 2.03. The van der Waals surface area contributed by atoms with Crippen LogP contribution < -0.4 is 5.73 Å². The quantitative estimate of drug-likeness (QED) is 0.482. The van der Waals surface area contributed by atoms with E-state index in [9.17, 15) is 4.79 Å². The van der Waals surface area contributed by atoms with Crippen molar-refractivity contribution in [3.63, 3.8) is 0 Å². The Bertz CT molecular complexity index is 224. The first-order chi connectivity index (χ1) is 5.13. The van der Waals surface area contributed by atoms with E-state index in [4.69, 9.17) is 5.73 Å². The first-order valence-corrected chi connectivity index (χ1v) is 3.39. The number of primary amides is 1. The fourth-order valence-corrected chi connectivity index (χ4v) is 0.681. The maximum absolute atomic E-state index is 10.8. The molecular formula is C9H13NO. The molecule has 0 unspecified atom stereocenters. The zero-order valence-corrected chi connectivity index (χ0v) is 6.92. The Morgan fingerprint density at radius 1 is 1.55 bits per heavy atom. The van der Waals surface area contributed by atoms with Crippen LogP contribution in [0.2, 0.25) is 0 Å². The van der Waals surface area contributed by atoms with Crippen LogP contribution in [-0.2, 0) is 4.79 Å². The predicted octanol–water partition coefficient (Wildman–Crippen LogP) is 1.55. The van der Waals surface area contributed by atoms with Gasteiger partial charge in [-0.1, -0.05) is 18.7 Å². The molecule has 0 aromatic carbocycles. The summed E-state index contributed by atoms with van der Waals surface area (Å²) in [4.78, 5) is 10.8. The molecule has 2 N–H and O–H groups in total. The van der Waals surface area contributed by atoms with Gasteiger partial charge in [0, 0.05) is 5.57 Å². The minimum atomic E-state index is -0.416. The van der Waals surface area contributed by atoms with Crippen molar-refractivity contribution in [3.8, 4) is 0 Å². The third kappa shape index (κ3) is 2.85. The standard InChI is InChI=1S/C9H13NO/c1-4-6-8(9(10)11)7(3)5-2/h4-6H,1H2,2-3H3,(H2,10,11)/b7-5-,8-6+. The SMILES string of the molecule is C=C/C=C(C(N)=O)\C(C)=C/C. The molecule has 0 aliphatic heterocycles. The monoisotopic (exact) mass is 151 g/mol. The second-order valence-corrected chi connectivity index (χ2v) is 2.15. The molecule has 0 fully saturated rings. The number of hydrogen-bond donors (Lipinski definition) is 1. The number of carbonyl (C=O) groups excluding carboxylic acids is 1.